The molecule has 3 heterocycles. The second-order valence-electron chi connectivity index (χ2n) is 6.22. The number of hydrogen-bond donors (Lipinski definition) is 0. The molecule has 22 heavy (non-hydrogen) atoms. The van der Waals surface area contributed by atoms with Gasteiger partial charge >= 0.3 is 0 Å². The molecule has 3 aromatic rings. The second-order valence-corrected chi connectivity index (χ2v) is 6.22. The Morgan fingerprint density at radius 1 is 1.14 bits per heavy atom. The van der Waals surface area contributed by atoms with E-state index < -0.39 is 0 Å². The Kier molecular flexibility index (Phi) is 3.10. The van der Waals surface area contributed by atoms with Crippen LogP contribution in [-0.4, -0.2) is 19.1 Å². The molecule has 0 saturated heterocycles. The van der Waals surface area contributed by atoms with Crippen LogP contribution in [-0.2, 0) is 6.54 Å². The van der Waals surface area contributed by atoms with Crippen molar-refractivity contribution in [2.24, 2.45) is 0 Å². The van der Waals surface area contributed by atoms with Crippen molar-refractivity contribution in [3.63, 3.8) is 0 Å². The Hall–Kier alpha value is -2.36. The average Bonchev–Trinajstić information content (AvgIpc) is 3.22. The number of benzene rings is 1. The summed E-state index contributed by atoms with van der Waals surface area (Å²) >= 11 is 0. The van der Waals surface area contributed by atoms with Crippen LogP contribution in [0.4, 0.5) is 0 Å². The number of aromatic nitrogens is 4. The number of fused-ring (bicyclic) bond motifs is 1. The van der Waals surface area contributed by atoms with Crippen LogP contribution in [0.1, 0.15) is 43.6 Å². The highest BCUT2D eigenvalue weighted by molar-refractivity contribution is 5.62. The Bertz CT molecular complexity index is 783. The SMILES string of the molecule is CC(C)c1c(-c2ccccc2)ncn1C1CCn2cncc21. The molecule has 0 spiro atoms. The maximum Gasteiger partial charge on any atom is 0.0962 e. The van der Waals surface area contributed by atoms with Gasteiger partial charge in [-0.1, -0.05) is 44.2 Å². The van der Waals surface area contributed by atoms with Crippen LogP contribution >= 0.6 is 0 Å². The van der Waals surface area contributed by atoms with Gasteiger partial charge in [-0.05, 0) is 12.3 Å². The lowest BCUT2D eigenvalue weighted by Gasteiger charge is -2.18. The first-order chi connectivity index (χ1) is 10.8. The maximum atomic E-state index is 4.74. The van der Waals surface area contributed by atoms with Crippen molar-refractivity contribution in [3.05, 3.63) is 60.6 Å². The smallest absolute Gasteiger partial charge is 0.0962 e. The molecule has 0 bridgehead atoms. The van der Waals surface area contributed by atoms with E-state index in [1.165, 1.54) is 17.0 Å². The summed E-state index contributed by atoms with van der Waals surface area (Å²) in [6.45, 7) is 5.52. The maximum absolute atomic E-state index is 4.74. The molecular formula is C18H20N4. The summed E-state index contributed by atoms with van der Waals surface area (Å²) in [5.41, 5.74) is 4.90. The summed E-state index contributed by atoms with van der Waals surface area (Å²) in [7, 11) is 0. The van der Waals surface area contributed by atoms with Crippen molar-refractivity contribution in [1.29, 1.82) is 0 Å². The van der Waals surface area contributed by atoms with Crippen LogP contribution in [0.15, 0.2) is 49.2 Å². The Balaban J connectivity index is 1.84. The quantitative estimate of drug-likeness (QED) is 0.734. The Labute approximate surface area is 130 Å². The van der Waals surface area contributed by atoms with E-state index in [1.54, 1.807) is 0 Å². The van der Waals surface area contributed by atoms with Crippen LogP contribution in [0.2, 0.25) is 0 Å². The van der Waals surface area contributed by atoms with E-state index in [-0.39, 0.29) is 0 Å². The standard InChI is InChI=1S/C18H20N4/c1-13(2)18-17(14-6-4-3-5-7-14)20-12-22(18)15-8-9-21-11-19-10-16(15)21/h3-7,10-13,15H,8-9H2,1-2H3. The molecule has 1 aliphatic rings. The average molecular weight is 292 g/mol. The van der Waals surface area contributed by atoms with E-state index in [2.05, 4.69) is 52.2 Å². The molecule has 1 aliphatic heterocycles. The van der Waals surface area contributed by atoms with Gasteiger partial charge in [0.25, 0.3) is 0 Å². The molecule has 4 heteroatoms. The van der Waals surface area contributed by atoms with Crippen LogP contribution in [0.5, 0.6) is 0 Å². The van der Waals surface area contributed by atoms with E-state index in [1.807, 2.05) is 24.9 Å². The third kappa shape index (κ3) is 1.98. The zero-order valence-electron chi connectivity index (χ0n) is 13.0. The molecule has 4 rings (SSSR count). The highest BCUT2D eigenvalue weighted by Crippen LogP contribution is 2.36. The first kappa shape index (κ1) is 13.3. The highest BCUT2D eigenvalue weighted by atomic mass is 15.2. The Morgan fingerprint density at radius 2 is 1.95 bits per heavy atom. The van der Waals surface area contributed by atoms with E-state index in [9.17, 15) is 0 Å². The van der Waals surface area contributed by atoms with Crippen molar-refractivity contribution in [1.82, 2.24) is 19.1 Å². The number of hydrogen-bond acceptors (Lipinski definition) is 2. The van der Waals surface area contributed by atoms with E-state index in [0.717, 1.165) is 18.7 Å². The molecule has 0 N–H and O–H groups in total. The fraction of sp³-hybridized carbons (Fsp3) is 0.333. The van der Waals surface area contributed by atoms with E-state index >= 15 is 0 Å². The van der Waals surface area contributed by atoms with Gasteiger partial charge in [-0.3, -0.25) is 0 Å². The van der Waals surface area contributed by atoms with Crippen molar-refractivity contribution in [2.45, 2.75) is 38.8 Å². The lowest BCUT2D eigenvalue weighted by Crippen LogP contribution is -2.11. The molecule has 1 aromatic carbocycles. The summed E-state index contributed by atoms with van der Waals surface area (Å²) in [5, 5.41) is 0. The van der Waals surface area contributed by atoms with Gasteiger partial charge in [0.05, 0.1) is 36.3 Å². The predicted octanol–water partition coefficient (Wildman–Crippen LogP) is 3.86. The second kappa shape index (κ2) is 5.13. The summed E-state index contributed by atoms with van der Waals surface area (Å²) in [6, 6.07) is 10.8. The van der Waals surface area contributed by atoms with Crippen LogP contribution < -0.4 is 0 Å². The zero-order valence-corrected chi connectivity index (χ0v) is 13.0. The molecule has 4 nitrogen and oxygen atoms in total. The van der Waals surface area contributed by atoms with E-state index in [4.69, 9.17) is 4.98 Å². The summed E-state index contributed by atoms with van der Waals surface area (Å²) in [5.74, 6) is 0.426. The number of imidazole rings is 2. The molecule has 0 fully saturated rings. The van der Waals surface area contributed by atoms with Gasteiger partial charge < -0.3 is 9.13 Å². The Morgan fingerprint density at radius 3 is 2.73 bits per heavy atom. The topological polar surface area (TPSA) is 35.6 Å². The van der Waals surface area contributed by atoms with Crippen molar-refractivity contribution < 1.29 is 0 Å². The number of nitrogens with zero attached hydrogens (tertiary/aromatic N) is 4. The summed E-state index contributed by atoms with van der Waals surface area (Å²) in [6.07, 6.45) is 7.04. The van der Waals surface area contributed by atoms with Gasteiger partial charge in [0.2, 0.25) is 0 Å². The predicted molar refractivity (Wildman–Crippen MR) is 86.7 cm³/mol. The number of aryl methyl sites for hydroxylation is 1. The minimum Gasteiger partial charge on any atom is -0.333 e. The largest absolute Gasteiger partial charge is 0.333 e. The molecule has 1 unspecified atom stereocenters. The van der Waals surface area contributed by atoms with Crippen LogP contribution in [0.25, 0.3) is 11.3 Å². The molecule has 0 saturated carbocycles. The molecule has 112 valence electrons. The van der Waals surface area contributed by atoms with Gasteiger partial charge in [0, 0.05) is 17.8 Å². The first-order valence-electron chi connectivity index (χ1n) is 7.88. The highest BCUT2D eigenvalue weighted by Gasteiger charge is 2.28. The fourth-order valence-electron chi connectivity index (χ4n) is 3.50. The van der Waals surface area contributed by atoms with Crippen molar-refractivity contribution in [3.8, 4) is 11.3 Å². The van der Waals surface area contributed by atoms with Gasteiger partial charge in [-0.25, -0.2) is 9.97 Å². The van der Waals surface area contributed by atoms with Crippen LogP contribution in [0.3, 0.4) is 0 Å². The van der Waals surface area contributed by atoms with Gasteiger partial charge in [-0.15, -0.1) is 0 Å². The third-order valence-corrected chi connectivity index (χ3v) is 4.49. The molecule has 0 aliphatic carbocycles. The number of rotatable bonds is 3. The first-order valence-corrected chi connectivity index (χ1v) is 7.88. The summed E-state index contributed by atoms with van der Waals surface area (Å²) < 4.78 is 4.60. The molecule has 1 atom stereocenters. The van der Waals surface area contributed by atoms with Crippen LogP contribution in [0, 0.1) is 0 Å². The molecule has 0 radical (unpaired) electrons. The summed E-state index contributed by atoms with van der Waals surface area (Å²) in [4.78, 5) is 9.03. The molecule has 0 amide bonds. The lowest BCUT2D eigenvalue weighted by atomic mass is 10.0. The monoisotopic (exact) mass is 292 g/mol. The van der Waals surface area contributed by atoms with Gasteiger partial charge in [0.15, 0.2) is 0 Å². The lowest BCUT2D eigenvalue weighted by molar-refractivity contribution is 0.542. The minimum atomic E-state index is 0.352. The van der Waals surface area contributed by atoms with E-state index in [0.29, 0.717) is 12.0 Å². The zero-order chi connectivity index (χ0) is 15.1. The third-order valence-electron chi connectivity index (χ3n) is 4.49. The van der Waals surface area contributed by atoms with Crippen molar-refractivity contribution in [2.75, 3.05) is 0 Å². The normalized spacial score (nSPS) is 17.1. The fourth-order valence-corrected chi connectivity index (χ4v) is 3.50. The minimum absolute atomic E-state index is 0.352. The van der Waals surface area contributed by atoms with Gasteiger partial charge in [-0.2, -0.15) is 0 Å². The molecular weight excluding hydrogens is 272 g/mol. The van der Waals surface area contributed by atoms with Gasteiger partial charge in [0.1, 0.15) is 0 Å². The molecule has 2 aromatic heterocycles. The van der Waals surface area contributed by atoms with Crippen molar-refractivity contribution >= 4 is 0 Å².